The third-order valence-electron chi connectivity index (χ3n) is 2.91. The van der Waals surface area contributed by atoms with E-state index < -0.39 is 0 Å². The molecule has 0 saturated heterocycles. The molecule has 0 rings (SSSR count). The third-order valence-corrected chi connectivity index (χ3v) is 2.91. The lowest BCUT2D eigenvalue weighted by molar-refractivity contribution is 0.148. The van der Waals surface area contributed by atoms with Gasteiger partial charge in [0.25, 0.3) is 0 Å². The Hall–Kier alpha value is -0.0800. The number of rotatable bonds is 10. The van der Waals surface area contributed by atoms with E-state index in [4.69, 9.17) is 4.74 Å². The molecule has 0 aliphatic carbocycles. The highest BCUT2D eigenvalue weighted by Crippen LogP contribution is 2.14. The van der Waals surface area contributed by atoms with E-state index in [1.165, 1.54) is 25.7 Å². The molecule has 0 heterocycles. The third kappa shape index (κ3) is 9.17. The average molecular weight is 229 g/mol. The quantitative estimate of drug-likeness (QED) is 0.619. The fourth-order valence-corrected chi connectivity index (χ4v) is 2.02. The van der Waals surface area contributed by atoms with Crippen molar-refractivity contribution in [2.45, 2.75) is 59.4 Å². The Kier molecular flexibility index (Phi) is 10.0. The molecule has 0 amide bonds. The minimum Gasteiger partial charge on any atom is -0.384 e. The molecule has 2 nitrogen and oxygen atoms in total. The van der Waals surface area contributed by atoms with Crippen LogP contribution in [0.3, 0.4) is 0 Å². The van der Waals surface area contributed by atoms with Crippen LogP contribution in [0.5, 0.6) is 0 Å². The summed E-state index contributed by atoms with van der Waals surface area (Å²) < 4.78 is 5.21. The van der Waals surface area contributed by atoms with Crippen LogP contribution < -0.4 is 5.32 Å². The molecule has 0 radical (unpaired) electrons. The Balaban J connectivity index is 3.88. The Morgan fingerprint density at radius 2 is 1.81 bits per heavy atom. The van der Waals surface area contributed by atoms with Crippen LogP contribution in [0.1, 0.15) is 53.4 Å². The number of hydrogen-bond acceptors (Lipinski definition) is 2. The molecular formula is C14H31NO. The molecule has 0 aromatic rings. The van der Waals surface area contributed by atoms with Crippen LogP contribution in [0.4, 0.5) is 0 Å². The van der Waals surface area contributed by atoms with Crippen molar-refractivity contribution < 1.29 is 4.74 Å². The lowest BCUT2D eigenvalue weighted by Gasteiger charge is -2.22. The molecule has 2 unspecified atom stereocenters. The monoisotopic (exact) mass is 229 g/mol. The van der Waals surface area contributed by atoms with Crippen molar-refractivity contribution in [3.8, 4) is 0 Å². The van der Waals surface area contributed by atoms with Crippen LogP contribution in [0, 0.1) is 11.8 Å². The van der Waals surface area contributed by atoms with Crippen molar-refractivity contribution in [2.75, 3.05) is 20.3 Å². The second kappa shape index (κ2) is 10.1. The van der Waals surface area contributed by atoms with Crippen LogP contribution in [0.25, 0.3) is 0 Å². The first-order valence-electron chi connectivity index (χ1n) is 6.82. The van der Waals surface area contributed by atoms with Crippen molar-refractivity contribution >= 4 is 0 Å². The minimum absolute atomic E-state index is 0.659. The van der Waals surface area contributed by atoms with Gasteiger partial charge in [-0.15, -0.1) is 0 Å². The average Bonchev–Trinajstić information content (AvgIpc) is 2.22. The standard InChI is InChI=1S/C14H31NO/c1-6-9-15-14(8-7-12(2)3)10-13(4)11-16-5/h12-15H,6-11H2,1-5H3. The van der Waals surface area contributed by atoms with Crippen LogP contribution in [-0.2, 0) is 4.74 Å². The van der Waals surface area contributed by atoms with Crippen molar-refractivity contribution in [3.05, 3.63) is 0 Å². The second-order valence-corrected chi connectivity index (χ2v) is 5.42. The number of methoxy groups -OCH3 is 1. The lowest BCUT2D eigenvalue weighted by atomic mass is 9.95. The first kappa shape index (κ1) is 15.9. The van der Waals surface area contributed by atoms with Crippen LogP contribution in [-0.4, -0.2) is 26.3 Å². The normalized spacial score (nSPS) is 15.4. The molecule has 0 spiro atoms. The molecule has 0 saturated carbocycles. The smallest absolute Gasteiger partial charge is 0.0488 e. The maximum Gasteiger partial charge on any atom is 0.0488 e. The fourth-order valence-electron chi connectivity index (χ4n) is 2.02. The second-order valence-electron chi connectivity index (χ2n) is 5.42. The molecule has 16 heavy (non-hydrogen) atoms. The summed E-state index contributed by atoms with van der Waals surface area (Å²) in [7, 11) is 1.79. The van der Waals surface area contributed by atoms with Gasteiger partial charge in [-0.05, 0) is 44.1 Å². The van der Waals surface area contributed by atoms with E-state index in [-0.39, 0.29) is 0 Å². The zero-order valence-corrected chi connectivity index (χ0v) is 11.9. The number of nitrogens with one attached hydrogen (secondary N) is 1. The summed E-state index contributed by atoms with van der Waals surface area (Å²) in [5.74, 6) is 1.47. The predicted molar refractivity (Wildman–Crippen MR) is 71.8 cm³/mol. The zero-order valence-electron chi connectivity index (χ0n) is 11.9. The fraction of sp³-hybridized carbons (Fsp3) is 1.00. The highest BCUT2D eigenvalue weighted by molar-refractivity contribution is 4.70. The summed E-state index contributed by atoms with van der Waals surface area (Å²) in [4.78, 5) is 0. The van der Waals surface area contributed by atoms with Gasteiger partial charge in [0.05, 0.1) is 0 Å². The van der Waals surface area contributed by atoms with E-state index in [2.05, 4.69) is 33.0 Å². The molecule has 2 heteroatoms. The van der Waals surface area contributed by atoms with Gasteiger partial charge in [-0.3, -0.25) is 0 Å². The first-order chi connectivity index (χ1) is 7.60. The maximum atomic E-state index is 5.21. The van der Waals surface area contributed by atoms with Crippen molar-refractivity contribution in [1.29, 1.82) is 0 Å². The van der Waals surface area contributed by atoms with Gasteiger partial charge in [-0.25, -0.2) is 0 Å². The minimum atomic E-state index is 0.659. The van der Waals surface area contributed by atoms with E-state index in [1.807, 2.05) is 0 Å². The van der Waals surface area contributed by atoms with E-state index in [9.17, 15) is 0 Å². The molecule has 0 aromatic heterocycles. The molecular weight excluding hydrogens is 198 g/mol. The summed E-state index contributed by atoms with van der Waals surface area (Å²) in [6.07, 6.45) is 5.07. The molecule has 1 N–H and O–H groups in total. The predicted octanol–water partition coefficient (Wildman–Crippen LogP) is 3.46. The van der Waals surface area contributed by atoms with Crippen LogP contribution in [0.2, 0.25) is 0 Å². The summed E-state index contributed by atoms with van der Waals surface area (Å²) in [6.45, 7) is 11.1. The molecule has 0 fully saturated rings. The summed E-state index contributed by atoms with van der Waals surface area (Å²) in [6, 6.07) is 0.674. The molecule has 0 aliphatic heterocycles. The van der Waals surface area contributed by atoms with Gasteiger partial charge >= 0.3 is 0 Å². The van der Waals surface area contributed by atoms with Gasteiger partial charge in [0.1, 0.15) is 0 Å². The van der Waals surface area contributed by atoms with Crippen LogP contribution in [0.15, 0.2) is 0 Å². The van der Waals surface area contributed by atoms with E-state index >= 15 is 0 Å². The number of ether oxygens (including phenoxy) is 1. The molecule has 2 atom stereocenters. The van der Waals surface area contributed by atoms with E-state index in [0.29, 0.717) is 12.0 Å². The van der Waals surface area contributed by atoms with Gasteiger partial charge in [0.2, 0.25) is 0 Å². The summed E-state index contributed by atoms with van der Waals surface area (Å²) in [5.41, 5.74) is 0. The molecule has 0 aliphatic rings. The van der Waals surface area contributed by atoms with Crippen molar-refractivity contribution in [3.63, 3.8) is 0 Å². The van der Waals surface area contributed by atoms with Gasteiger partial charge in [0, 0.05) is 19.8 Å². The Labute approximate surface area is 102 Å². The highest BCUT2D eigenvalue weighted by atomic mass is 16.5. The van der Waals surface area contributed by atoms with Crippen LogP contribution >= 0.6 is 0 Å². The maximum absolute atomic E-state index is 5.21. The summed E-state index contributed by atoms with van der Waals surface area (Å²) in [5, 5.41) is 3.66. The lowest BCUT2D eigenvalue weighted by Crippen LogP contribution is -2.32. The topological polar surface area (TPSA) is 21.3 Å². The summed E-state index contributed by atoms with van der Waals surface area (Å²) >= 11 is 0. The van der Waals surface area contributed by atoms with Gasteiger partial charge < -0.3 is 10.1 Å². The molecule has 98 valence electrons. The van der Waals surface area contributed by atoms with Gasteiger partial charge in [-0.2, -0.15) is 0 Å². The van der Waals surface area contributed by atoms with Crippen molar-refractivity contribution in [2.24, 2.45) is 11.8 Å². The first-order valence-corrected chi connectivity index (χ1v) is 6.82. The van der Waals surface area contributed by atoms with Gasteiger partial charge in [-0.1, -0.05) is 27.7 Å². The number of hydrogen-bond donors (Lipinski definition) is 1. The van der Waals surface area contributed by atoms with E-state index in [1.54, 1.807) is 7.11 Å². The zero-order chi connectivity index (χ0) is 12.4. The van der Waals surface area contributed by atoms with Gasteiger partial charge in [0.15, 0.2) is 0 Å². The molecule has 0 bridgehead atoms. The Bertz CT molecular complexity index is 148. The SMILES string of the molecule is CCCNC(CCC(C)C)CC(C)COC. The Morgan fingerprint density at radius 1 is 1.12 bits per heavy atom. The highest BCUT2D eigenvalue weighted by Gasteiger charge is 2.12. The van der Waals surface area contributed by atoms with Crippen molar-refractivity contribution in [1.82, 2.24) is 5.32 Å². The largest absolute Gasteiger partial charge is 0.384 e. The van der Waals surface area contributed by atoms with E-state index in [0.717, 1.165) is 19.1 Å². The Morgan fingerprint density at radius 3 is 2.31 bits per heavy atom. The molecule has 0 aromatic carbocycles.